The number of carbonyl (C=O) groups is 2. The van der Waals surface area contributed by atoms with Gasteiger partial charge in [0, 0.05) is 11.1 Å². The summed E-state index contributed by atoms with van der Waals surface area (Å²) in [6.45, 7) is 7.18. The molecule has 1 saturated carbocycles. The summed E-state index contributed by atoms with van der Waals surface area (Å²) in [7, 11) is 0. The van der Waals surface area contributed by atoms with Crippen molar-refractivity contribution in [3.8, 4) is 0 Å². The third-order valence-corrected chi connectivity index (χ3v) is 6.71. The molecule has 0 spiro atoms. The van der Waals surface area contributed by atoms with Crippen LogP contribution in [0, 0.1) is 11.3 Å². The lowest BCUT2D eigenvalue weighted by atomic mass is 9.50. The lowest BCUT2D eigenvalue weighted by molar-refractivity contribution is 0.0406. The molecule has 0 unspecified atom stereocenters. The van der Waals surface area contributed by atoms with E-state index in [-0.39, 0.29) is 17.0 Å². The highest BCUT2D eigenvalue weighted by atomic mass is 16.1. The van der Waals surface area contributed by atoms with Gasteiger partial charge in [0.05, 0.1) is 0 Å². The van der Waals surface area contributed by atoms with Crippen molar-refractivity contribution in [1.29, 1.82) is 0 Å². The van der Waals surface area contributed by atoms with E-state index in [1.54, 1.807) is 0 Å². The van der Waals surface area contributed by atoms with E-state index in [1.165, 1.54) is 49.0 Å². The molecule has 0 amide bonds. The molecule has 0 radical (unpaired) electrons. The maximum absolute atomic E-state index is 12.3. The molecule has 2 nitrogen and oxygen atoms in total. The van der Waals surface area contributed by atoms with E-state index in [0.717, 1.165) is 6.42 Å². The molecule has 1 fully saturated rings. The van der Waals surface area contributed by atoms with Crippen LogP contribution in [0.5, 0.6) is 0 Å². The molecule has 2 atom stereocenters. The Morgan fingerprint density at radius 2 is 1.61 bits per heavy atom. The fourth-order valence-corrected chi connectivity index (χ4v) is 5.58. The van der Waals surface area contributed by atoms with Crippen molar-refractivity contribution in [2.24, 2.45) is 11.3 Å². The predicted molar refractivity (Wildman–Crippen MR) is 91.0 cm³/mol. The van der Waals surface area contributed by atoms with Gasteiger partial charge in [0.2, 0.25) is 0 Å². The quantitative estimate of drug-likeness (QED) is 0.699. The summed E-state index contributed by atoms with van der Waals surface area (Å²) in [4.78, 5) is 24.4. The lowest BCUT2D eigenvalue weighted by Crippen LogP contribution is -2.48. The van der Waals surface area contributed by atoms with Gasteiger partial charge in [-0.05, 0) is 77.8 Å². The molecule has 3 aliphatic carbocycles. The molecule has 0 N–H and O–H groups in total. The highest BCUT2D eigenvalue weighted by Gasteiger charge is 2.50. The largest absolute Gasteiger partial charge is 0.289 e. The van der Waals surface area contributed by atoms with Crippen LogP contribution in [0.4, 0.5) is 0 Å². The minimum Gasteiger partial charge on any atom is -0.289 e. The zero-order chi connectivity index (χ0) is 16.4. The van der Waals surface area contributed by atoms with Crippen LogP contribution in [0.25, 0.3) is 0 Å². The minimum atomic E-state index is -0.0290. The maximum atomic E-state index is 12.3. The molecule has 3 aliphatic rings. The molecule has 0 heterocycles. The second kappa shape index (κ2) is 4.66. The third-order valence-electron chi connectivity index (χ3n) is 6.71. The summed E-state index contributed by atoms with van der Waals surface area (Å²) in [6.07, 6.45) is 8.76. The van der Waals surface area contributed by atoms with Crippen LogP contribution in [0.2, 0.25) is 0 Å². The first-order valence-electron chi connectivity index (χ1n) is 8.77. The molecule has 0 bridgehead atoms. The van der Waals surface area contributed by atoms with Crippen molar-refractivity contribution in [2.45, 2.75) is 58.3 Å². The Morgan fingerprint density at radius 1 is 0.957 bits per heavy atom. The van der Waals surface area contributed by atoms with Gasteiger partial charge in [-0.15, -0.1) is 0 Å². The summed E-state index contributed by atoms with van der Waals surface area (Å²) >= 11 is 0. The maximum Gasteiger partial charge on any atom is 0.186 e. The molecule has 23 heavy (non-hydrogen) atoms. The molecule has 120 valence electrons. The lowest BCUT2D eigenvalue weighted by Gasteiger charge is -2.54. The second-order valence-corrected chi connectivity index (χ2v) is 8.47. The minimum absolute atomic E-state index is 0.0248. The van der Waals surface area contributed by atoms with Crippen LogP contribution < -0.4 is 0 Å². The van der Waals surface area contributed by atoms with Crippen LogP contribution in [-0.4, -0.2) is 11.6 Å². The van der Waals surface area contributed by atoms with Crippen molar-refractivity contribution in [3.05, 3.63) is 46.5 Å². The molecular weight excluding hydrogens is 284 g/mol. The van der Waals surface area contributed by atoms with Gasteiger partial charge in [-0.3, -0.25) is 9.59 Å². The normalized spacial score (nSPS) is 31.3. The van der Waals surface area contributed by atoms with Crippen molar-refractivity contribution >= 4 is 11.6 Å². The van der Waals surface area contributed by atoms with Crippen molar-refractivity contribution < 1.29 is 9.59 Å². The van der Waals surface area contributed by atoms with Gasteiger partial charge in [-0.2, -0.15) is 0 Å². The molecule has 0 saturated heterocycles. The van der Waals surface area contributed by atoms with Gasteiger partial charge < -0.3 is 0 Å². The number of fused-ring (bicyclic) bond motifs is 4. The number of hydrogen-bond donors (Lipinski definition) is 0. The zero-order valence-corrected chi connectivity index (χ0v) is 14.2. The van der Waals surface area contributed by atoms with Gasteiger partial charge >= 0.3 is 0 Å². The van der Waals surface area contributed by atoms with Gasteiger partial charge in [0.25, 0.3) is 0 Å². The van der Waals surface area contributed by atoms with Crippen LogP contribution >= 0.6 is 0 Å². The Kier molecular flexibility index (Phi) is 3.01. The van der Waals surface area contributed by atoms with E-state index < -0.39 is 0 Å². The number of hydrogen-bond acceptors (Lipinski definition) is 2. The van der Waals surface area contributed by atoms with Crippen LogP contribution in [0.1, 0.15) is 78.3 Å². The fourth-order valence-electron chi connectivity index (χ4n) is 5.58. The Bertz CT molecular complexity index is 753. The van der Waals surface area contributed by atoms with Crippen molar-refractivity contribution in [1.82, 2.24) is 0 Å². The highest BCUT2D eigenvalue weighted by Crippen LogP contribution is 2.57. The zero-order valence-electron chi connectivity index (χ0n) is 14.2. The fraction of sp³-hybridized carbons (Fsp3) is 0.524. The number of aryl methyl sites for hydroxylation is 1. The number of carbonyl (C=O) groups excluding carboxylic acids is 2. The Hall–Kier alpha value is -1.70. The first kappa shape index (κ1) is 14.9. The number of ketones is 2. The summed E-state index contributed by atoms with van der Waals surface area (Å²) in [5, 5.41) is 0. The summed E-state index contributed by atoms with van der Waals surface area (Å²) in [5.74, 6) is 0.598. The van der Waals surface area contributed by atoms with Crippen molar-refractivity contribution in [3.63, 3.8) is 0 Å². The van der Waals surface area contributed by atoms with Crippen LogP contribution in [-0.2, 0) is 11.8 Å². The van der Waals surface area contributed by atoms with E-state index in [2.05, 4.69) is 26.8 Å². The van der Waals surface area contributed by atoms with Gasteiger partial charge in [0.1, 0.15) is 0 Å². The molecule has 2 heteroatoms. The summed E-state index contributed by atoms with van der Waals surface area (Å²) in [6, 6.07) is 4.07. The van der Waals surface area contributed by atoms with E-state index in [9.17, 15) is 9.59 Å². The van der Waals surface area contributed by atoms with E-state index in [4.69, 9.17) is 0 Å². The average Bonchev–Trinajstić information content (AvgIpc) is 2.49. The first-order valence-corrected chi connectivity index (χ1v) is 8.77. The molecule has 4 rings (SSSR count). The van der Waals surface area contributed by atoms with Gasteiger partial charge in [-0.25, -0.2) is 0 Å². The van der Waals surface area contributed by atoms with E-state index in [1.807, 2.05) is 6.07 Å². The van der Waals surface area contributed by atoms with E-state index in [0.29, 0.717) is 22.5 Å². The number of allylic oxidation sites excluding steroid dienone is 2. The summed E-state index contributed by atoms with van der Waals surface area (Å²) < 4.78 is 0. The Balaban J connectivity index is 1.91. The molecule has 1 aromatic carbocycles. The first-order chi connectivity index (χ1) is 10.8. The van der Waals surface area contributed by atoms with Gasteiger partial charge in [-0.1, -0.05) is 27.2 Å². The Morgan fingerprint density at radius 3 is 2.30 bits per heavy atom. The number of benzene rings is 1. The predicted octanol–water partition coefficient (Wildman–Crippen LogP) is 4.65. The second-order valence-electron chi connectivity index (χ2n) is 8.47. The van der Waals surface area contributed by atoms with Crippen LogP contribution in [0.15, 0.2) is 24.3 Å². The molecule has 0 aliphatic heterocycles. The third kappa shape index (κ3) is 2.00. The molecular formula is C21H24O2. The topological polar surface area (TPSA) is 34.1 Å². The molecule has 1 aromatic rings. The smallest absolute Gasteiger partial charge is 0.186 e. The van der Waals surface area contributed by atoms with Crippen molar-refractivity contribution in [2.75, 3.05) is 0 Å². The number of rotatable bonds is 0. The molecule has 0 aromatic heterocycles. The standard InChI is InChI=1S/C21H24O2/c1-20(2)9-4-10-21(3)16-12-15-14(17(22)6-7-18(15)23)11-13(16)5-8-19(20)21/h6-7,11-12,19H,4-5,8-10H2,1-3H3/t19-,21+/m1/s1. The van der Waals surface area contributed by atoms with E-state index >= 15 is 0 Å². The SMILES string of the molecule is CC1(C)CCC[C@@]2(C)c3cc4c(cc3CC[C@H]12)C(=O)C=CC4=O. The Labute approximate surface area is 138 Å². The average molecular weight is 308 g/mol. The van der Waals surface area contributed by atoms with Gasteiger partial charge in [0.15, 0.2) is 11.6 Å². The summed E-state index contributed by atoms with van der Waals surface area (Å²) in [5.41, 5.74) is 4.32. The highest BCUT2D eigenvalue weighted by molar-refractivity contribution is 6.22. The van der Waals surface area contributed by atoms with Crippen LogP contribution in [0.3, 0.4) is 0 Å². The monoisotopic (exact) mass is 308 g/mol.